The van der Waals surface area contributed by atoms with Crippen LogP contribution in [0, 0.1) is 5.82 Å². The van der Waals surface area contributed by atoms with E-state index in [9.17, 15) is 14.0 Å². The third-order valence-electron chi connectivity index (χ3n) is 4.10. The summed E-state index contributed by atoms with van der Waals surface area (Å²) in [5.41, 5.74) is 0.619. The SMILES string of the molecule is CN1CCN(C(=O)CNC(=O)CCCc2ccccc2F)CC1. The van der Waals surface area contributed by atoms with Crippen molar-refractivity contribution in [1.29, 1.82) is 0 Å². The minimum atomic E-state index is -0.238. The second-order valence-corrected chi connectivity index (χ2v) is 5.91. The summed E-state index contributed by atoms with van der Waals surface area (Å²) in [5, 5.41) is 2.65. The number of benzene rings is 1. The van der Waals surface area contributed by atoms with Crippen LogP contribution in [0.3, 0.4) is 0 Å². The minimum Gasteiger partial charge on any atom is -0.347 e. The standard InChI is InChI=1S/C17H24FN3O2/c1-20-9-11-21(12-10-20)17(23)13-19-16(22)8-4-6-14-5-2-3-7-15(14)18/h2-3,5,7H,4,6,8-13H2,1H3,(H,19,22). The summed E-state index contributed by atoms with van der Waals surface area (Å²) < 4.78 is 13.4. The van der Waals surface area contributed by atoms with E-state index in [0.29, 0.717) is 37.9 Å². The number of piperazine rings is 1. The Morgan fingerprint density at radius 3 is 2.57 bits per heavy atom. The minimum absolute atomic E-state index is 0.0412. The molecule has 0 aromatic heterocycles. The Kier molecular flexibility index (Phi) is 6.52. The second kappa shape index (κ2) is 8.62. The average Bonchev–Trinajstić information content (AvgIpc) is 2.55. The van der Waals surface area contributed by atoms with Gasteiger partial charge in [-0.05, 0) is 31.5 Å². The van der Waals surface area contributed by atoms with E-state index in [0.717, 1.165) is 13.1 Å². The van der Waals surface area contributed by atoms with Gasteiger partial charge in [0, 0.05) is 32.6 Å². The van der Waals surface area contributed by atoms with Gasteiger partial charge in [-0.2, -0.15) is 0 Å². The Morgan fingerprint density at radius 1 is 1.17 bits per heavy atom. The fraction of sp³-hybridized carbons (Fsp3) is 0.529. The highest BCUT2D eigenvalue weighted by molar-refractivity contribution is 5.84. The van der Waals surface area contributed by atoms with E-state index in [1.165, 1.54) is 6.07 Å². The highest BCUT2D eigenvalue weighted by Crippen LogP contribution is 2.09. The number of hydrogen-bond acceptors (Lipinski definition) is 3. The quantitative estimate of drug-likeness (QED) is 0.852. The molecule has 5 nitrogen and oxygen atoms in total. The van der Waals surface area contributed by atoms with Gasteiger partial charge in [-0.25, -0.2) is 4.39 Å². The number of nitrogens with zero attached hydrogens (tertiary/aromatic N) is 2. The number of amides is 2. The molecule has 1 N–H and O–H groups in total. The lowest BCUT2D eigenvalue weighted by atomic mass is 10.1. The van der Waals surface area contributed by atoms with Crippen LogP contribution in [0.25, 0.3) is 0 Å². The van der Waals surface area contributed by atoms with Crippen LogP contribution in [-0.4, -0.2) is 61.4 Å². The van der Waals surface area contributed by atoms with Crippen LogP contribution in [-0.2, 0) is 16.0 Å². The van der Waals surface area contributed by atoms with Crippen molar-refractivity contribution in [2.75, 3.05) is 39.8 Å². The monoisotopic (exact) mass is 321 g/mol. The summed E-state index contributed by atoms with van der Waals surface area (Å²) in [7, 11) is 2.03. The average molecular weight is 321 g/mol. The van der Waals surface area contributed by atoms with Gasteiger partial charge in [0.2, 0.25) is 11.8 Å². The molecule has 2 amide bonds. The van der Waals surface area contributed by atoms with Gasteiger partial charge in [0.1, 0.15) is 5.82 Å². The Bertz CT molecular complexity index is 542. The lowest BCUT2D eigenvalue weighted by molar-refractivity contribution is -0.134. The molecule has 6 heteroatoms. The number of rotatable bonds is 6. The van der Waals surface area contributed by atoms with Crippen LogP contribution < -0.4 is 5.32 Å². The fourth-order valence-corrected chi connectivity index (χ4v) is 2.57. The predicted octanol–water partition coefficient (Wildman–Crippen LogP) is 1.04. The first-order valence-corrected chi connectivity index (χ1v) is 8.02. The normalized spacial score (nSPS) is 15.5. The molecule has 2 rings (SSSR count). The number of halogens is 1. The van der Waals surface area contributed by atoms with E-state index in [4.69, 9.17) is 0 Å². The molecule has 1 fully saturated rings. The van der Waals surface area contributed by atoms with E-state index in [2.05, 4.69) is 10.2 Å². The smallest absolute Gasteiger partial charge is 0.242 e. The van der Waals surface area contributed by atoms with Gasteiger partial charge in [0.15, 0.2) is 0 Å². The predicted molar refractivity (Wildman–Crippen MR) is 86.4 cm³/mol. The number of likely N-dealkylation sites (N-methyl/N-ethyl adjacent to an activating group) is 1. The maximum absolute atomic E-state index is 13.4. The van der Waals surface area contributed by atoms with Crippen molar-refractivity contribution >= 4 is 11.8 Å². The maximum atomic E-state index is 13.4. The molecule has 0 bridgehead atoms. The Labute approximate surface area is 136 Å². The molecule has 0 aliphatic carbocycles. The second-order valence-electron chi connectivity index (χ2n) is 5.91. The van der Waals surface area contributed by atoms with Gasteiger partial charge in [0.25, 0.3) is 0 Å². The zero-order chi connectivity index (χ0) is 16.7. The summed E-state index contributed by atoms with van der Waals surface area (Å²) in [4.78, 5) is 27.7. The van der Waals surface area contributed by atoms with E-state index in [-0.39, 0.29) is 24.2 Å². The zero-order valence-electron chi connectivity index (χ0n) is 13.6. The molecule has 1 aromatic rings. The molecule has 1 saturated heterocycles. The van der Waals surface area contributed by atoms with Crippen molar-refractivity contribution in [2.45, 2.75) is 19.3 Å². The lowest BCUT2D eigenvalue weighted by Gasteiger charge is -2.32. The summed E-state index contributed by atoms with van der Waals surface area (Å²) in [6, 6.07) is 6.58. The molecule has 0 saturated carbocycles. The highest BCUT2D eigenvalue weighted by atomic mass is 19.1. The van der Waals surface area contributed by atoms with E-state index >= 15 is 0 Å². The molecule has 1 aliphatic heterocycles. The first kappa shape index (κ1) is 17.4. The third-order valence-corrected chi connectivity index (χ3v) is 4.10. The fourth-order valence-electron chi connectivity index (χ4n) is 2.57. The van der Waals surface area contributed by atoms with Crippen molar-refractivity contribution in [2.24, 2.45) is 0 Å². The van der Waals surface area contributed by atoms with Crippen LogP contribution in [0.4, 0.5) is 4.39 Å². The first-order valence-electron chi connectivity index (χ1n) is 8.02. The third kappa shape index (κ3) is 5.63. The number of carbonyl (C=O) groups excluding carboxylic acids is 2. The van der Waals surface area contributed by atoms with Gasteiger partial charge in [0.05, 0.1) is 6.54 Å². The summed E-state index contributed by atoms with van der Waals surface area (Å²) in [6.45, 7) is 3.18. The zero-order valence-corrected chi connectivity index (χ0v) is 13.6. The van der Waals surface area contributed by atoms with Crippen LogP contribution in [0.2, 0.25) is 0 Å². The van der Waals surface area contributed by atoms with Crippen molar-refractivity contribution in [1.82, 2.24) is 15.1 Å². The number of carbonyl (C=O) groups is 2. The van der Waals surface area contributed by atoms with E-state index in [1.54, 1.807) is 23.1 Å². The lowest BCUT2D eigenvalue weighted by Crippen LogP contribution is -2.50. The molecule has 0 unspecified atom stereocenters. The van der Waals surface area contributed by atoms with E-state index < -0.39 is 0 Å². The molecule has 1 heterocycles. The molecular formula is C17H24FN3O2. The van der Waals surface area contributed by atoms with Crippen molar-refractivity contribution in [3.63, 3.8) is 0 Å². The summed E-state index contributed by atoms with van der Waals surface area (Å²) in [6.07, 6.45) is 1.38. The number of hydrogen-bond donors (Lipinski definition) is 1. The van der Waals surface area contributed by atoms with Gasteiger partial charge in [-0.3, -0.25) is 9.59 Å². The Morgan fingerprint density at radius 2 is 1.87 bits per heavy atom. The van der Waals surface area contributed by atoms with Crippen LogP contribution in [0.15, 0.2) is 24.3 Å². The van der Waals surface area contributed by atoms with Gasteiger partial charge >= 0.3 is 0 Å². The molecule has 1 aromatic carbocycles. The van der Waals surface area contributed by atoms with E-state index in [1.807, 2.05) is 7.05 Å². The molecule has 126 valence electrons. The highest BCUT2D eigenvalue weighted by Gasteiger charge is 2.19. The first-order chi connectivity index (χ1) is 11.1. The number of aryl methyl sites for hydroxylation is 1. The molecule has 0 radical (unpaired) electrons. The van der Waals surface area contributed by atoms with Gasteiger partial charge in [-0.15, -0.1) is 0 Å². The Hall–Kier alpha value is -1.95. The molecule has 1 aliphatic rings. The van der Waals surface area contributed by atoms with Crippen LogP contribution in [0.5, 0.6) is 0 Å². The molecule has 23 heavy (non-hydrogen) atoms. The molecular weight excluding hydrogens is 297 g/mol. The topological polar surface area (TPSA) is 52.6 Å². The maximum Gasteiger partial charge on any atom is 0.242 e. The Balaban J connectivity index is 1.63. The van der Waals surface area contributed by atoms with Gasteiger partial charge in [-0.1, -0.05) is 18.2 Å². The summed E-state index contributed by atoms with van der Waals surface area (Å²) >= 11 is 0. The molecule has 0 atom stereocenters. The van der Waals surface area contributed by atoms with Crippen molar-refractivity contribution in [3.05, 3.63) is 35.6 Å². The molecule has 0 spiro atoms. The largest absolute Gasteiger partial charge is 0.347 e. The van der Waals surface area contributed by atoms with Crippen molar-refractivity contribution < 1.29 is 14.0 Å². The van der Waals surface area contributed by atoms with Crippen molar-refractivity contribution in [3.8, 4) is 0 Å². The number of nitrogens with one attached hydrogen (secondary N) is 1. The van der Waals surface area contributed by atoms with Crippen LogP contribution >= 0.6 is 0 Å². The van der Waals surface area contributed by atoms with Gasteiger partial charge < -0.3 is 15.1 Å². The summed E-state index contributed by atoms with van der Waals surface area (Å²) in [5.74, 6) is -0.442. The van der Waals surface area contributed by atoms with Crippen LogP contribution in [0.1, 0.15) is 18.4 Å².